The van der Waals surface area contributed by atoms with E-state index in [1.165, 1.54) is 0 Å². The van der Waals surface area contributed by atoms with Crippen LogP contribution in [0.4, 0.5) is 13.2 Å². The molecule has 0 saturated carbocycles. The van der Waals surface area contributed by atoms with E-state index in [4.69, 9.17) is 5.11 Å². The maximum Gasteiger partial charge on any atom is 0.431 e. The first-order chi connectivity index (χ1) is 11.4. The Morgan fingerprint density at radius 2 is 1.83 bits per heavy atom. The van der Waals surface area contributed by atoms with E-state index in [1.54, 1.807) is 0 Å². The van der Waals surface area contributed by atoms with Crippen LogP contribution in [0.5, 0.6) is 0 Å². The van der Waals surface area contributed by atoms with E-state index in [1.807, 2.05) is 30.3 Å². The average molecular weight is 353 g/mol. The highest BCUT2D eigenvalue weighted by Crippen LogP contribution is 2.33. The number of fused-ring (bicyclic) bond motifs is 1. The predicted octanol–water partition coefficient (Wildman–Crippen LogP) is 3.74. The Kier molecular flexibility index (Phi) is 4.18. The molecule has 1 N–H and O–H groups in total. The monoisotopic (exact) mass is 353 g/mol. The fourth-order valence-corrected chi connectivity index (χ4v) is 3.08. The number of hydrogen-bond donors (Lipinski definition) is 1. The Morgan fingerprint density at radius 1 is 1.12 bits per heavy atom. The van der Waals surface area contributed by atoms with Gasteiger partial charge in [0.1, 0.15) is 11.3 Å². The lowest BCUT2D eigenvalue weighted by Gasteiger charge is -2.11. The Morgan fingerprint density at radius 3 is 2.46 bits per heavy atom. The predicted molar refractivity (Wildman–Crippen MR) is 81.0 cm³/mol. The summed E-state index contributed by atoms with van der Waals surface area (Å²) >= 11 is 1.06. The van der Waals surface area contributed by atoms with Crippen molar-refractivity contribution in [1.82, 2.24) is 14.6 Å². The molecule has 3 aromatic rings. The van der Waals surface area contributed by atoms with Crippen molar-refractivity contribution in [3.8, 4) is 0 Å². The SMILES string of the molecule is O=C(O)c1ccc(C(F)(F)F)n2c(SCc3ccccc3)nnc12. The summed E-state index contributed by atoms with van der Waals surface area (Å²) in [6, 6.07) is 10.8. The van der Waals surface area contributed by atoms with Gasteiger partial charge >= 0.3 is 12.1 Å². The van der Waals surface area contributed by atoms with Crippen molar-refractivity contribution >= 4 is 23.4 Å². The minimum absolute atomic E-state index is 0.00993. The zero-order chi connectivity index (χ0) is 17.3. The van der Waals surface area contributed by atoms with E-state index >= 15 is 0 Å². The molecule has 0 aliphatic heterocycles. The number of hydrogen-bond acceptors (Lipinski definition) is 4. The molecule has 24 heavy (non-hydrogen) atoms. The molecule has 0 bridgehead atoms. The maximum absolute atomic E-state index is 13.2. The minimum Gasteiger partial charge on any atom is -0.478 e. The summed E-state index contributed by atoms with van der Waals surface area (Å²) in [5, 5.41) is 16.5. The molecular weight excluding hydrogens is 343 g/mol. The van der Waals surface area contributed by atoms with Crippen LogP contribution in [-0.2, 0) is 11.9 Å². The lowest BCUT2D eigenvalue weighted by atomic mass is 10.2. The van der Waals surface area contributed by atoms with Gasteiger partial charge in [0.15, 0.2) is 10.8 Å². The van der Waals surface area contributed by atoms with Crippen molar-refractivity contribution in [3.63, 3.8) is 0 Å². The summed E-state index contributed by atoms with van der Waals surface area (Å²) in [5.41, 5.74) is -0.764. The Labute approximate surface area is 138 Å². The van der Waals surface area contributed by atoms with Crippen LogP contribution in [0.15, 0.2) is 47.6 Å². The molecule has 0 aliphatic rings. The lowest BCUT2D eigenvalue weighted by molar-refractivity contribution is -0.142. The van der Waals surface area contributed by atoms with Crippen LogP contribution < -0.4 is 0 Å². The maximum atomic E-state index is 13.2. The zero-order valence-electron chi connectivity index (χ0n) is 12.0. The van der Waals surface area contributed by atoms with Crippen molar-refractivity contribution in [2.24, 2.45) is 0 Å². The number of benzene rings is 1. The summed E-state index contributed by atoms with van der Waals surface area (Å²) in [6.07, 6.45) is -4.65. The summed E-state index contributed by atoms with van der Waals surface area (Å²) in [7, 11) is 0. The first kappa shape index (κ1) is 16.3. The van der Waals surface area contributed by atoms with E-state index in [-0.39, 0.29) is 16.4 Å². The molecule has 124 valence electrons. The summed E-state index contributed by atoms with van der Waals surface area (Å²) < 4.78 is 40.5. The van der Waals surface area contributed by atoms with E-state index in [0.717, 1.165) is 33.9 Å². The third-order valence-electron chi connectivity index (χ3n) is 3.25. The number of carbonyl (C=O) groups is 1. The first-order valence-corrected chi connectivity index (χ1v) is 7.72. The second kappa shape index (κ2) is 6.16. The van der Waals surface area contributed by atoms with E-state index in [2.05, 4.69) is 10.2 Å². The van der Waals surface area contributed by atoms with Gasteiger partial charge in [-0.1, -0.05) is 42.1 Å². The summed E-state index contributed by atoms with van der Waals surface area (Å²) in [4.78, 5) is 11.2. The van der Waals surface area contributed by atoms with Crippen LogP contribution in [0.25, 0.3) is 5.65 Å². The van der Waals surface area contributed by atoms with Gasteiger partial charge in [0.2, 0.25) is 0 Å². The highest BCUT2D eigenvalue weighted by molar-refractivity contribution is 7.98. The number of pyridine rings is 1. The number of aromatic nitrogens is 3. The quantitative estimate of drug-likeness (QED) is 0.724. The second-order valence-electron chi connectivity index (χ2n) is 4.85. The number of alkyl halides is 3. The fraction of sp³-hybridized carbons (Fsp3) is 0.133. The molecule has 0 spiro atoms. The van der Waals surface area contributed by atoms with Crippen molar-refractivity contribution in [2.45, 2.75) is 17.1 Å². The van der Waals surface area contributed by atoms with Crippen molar-refractivity contribution in [1.29, 1.82) is 0 Å². The van der Waals surface area contributed by atoms with E-state index in [0.29, 0.717) is 5.75 Å². The van der Waals surface area contributed by atoms with Gasteiger partial charge < -0.3 is 5.11 Å². The second-order valence-corrected chi connectivity index (χ2v) is 5.79. The number of halogens is 3. The van der Waals surface area contributed by atoms with Crippen LogP contribution in [0.2, 0.25) is 0 Å². The number of rotatable bonds is 4. The van der Waals surface area contributed by atoms with E-state index < -0.39 is 17.8 Å². The Hall–Kier alpha value is -2.55. The average Bonchev–Trinajstić information content (AvgIpc) is 2.95. The summed E-state index contributed by atoms with van der Waals surface area (Å²) in [5.74, 6) is -0.975. The number of carboxylic acid groups (broad SMARTS) is 1. The Balaban J connectivity index is 2.08. The van der Waals surface area contributed by atoms with Crippen molar-refractivity contribution in [2.75, 3.05) is 0 Å². The number of thioether (sulfide) groups is 1. The van der Waals surface area contributed by atoms with Gasteiger partial charge in [-0.2, -0.15) is 13.2 Å². The van der Waals surface area contributed by atoms with Crippen LogP contribution >= 0.6 is 11.8 Å². The van der Waals surface area contributed by atoms with Gasteiger partial charge in [-0.25, -0.2) is 4.79 Å². The number of carboxylic acids is 1. The molecule has 9 heteroatoms. The molecule has 0 unspecified atom stereocenters. The molecule has 0 radical (unpaired) electrons. The zero-order valence-corrected chi connectivity index (χ0v) is 12.8. The first-order valence-electron chi connectivity index (χ1n) is 6.73. The molecule has 0 fully saturated rings. The molecular formula is C15H10F3N3O2S. The molecule has 3 rings (SSSR count). The van der Waals surface area contributed by atoms with Crippen LogP contribution in [-0.4, -0.2) is 25.7 Å². The van der Waals surface area contributed by atoms with Crippen LogP contribution in [0.3, 0.4) is 0 Å². The molecule has 0 saturated heterocycles. The normalized spacial score (nSPS) is 11.8. The number of aromatic carboxylic acids is 1. The molecule has 0 amide bonds. The van der Waals surface area contributed by atoms with Gasteiger partial charge in [0.25, 0.3) is 0 Å². The molecule has 2 heterocycles. The van der Waals surface area contributed by atoms with Crippen LogP contribution in [0, 0.1) is 0 Å². The fourth-order valence-electron chi connectivity index (χ4n) is 2.18. The highest BCUT2D eigenvalue weighted by atomic mass is 32.2. The largest absolute Gasteiger partial charge is 0.478 e. The molecule has 0 atom stereocenters. The van der Waals surface area contributed by atoms with Crippen LogP contribution in [0.1, 0.15) is 21.6 Å². The van der Waals surface area contributed by atoms with Gasteiger partial charge in [-0.15, -0.1) is 10.2 Å². The standard InChI is InChI=1S/C15H10F3N3O2S/c16-15(17,18)11-7-6-10(13(22)23)12-19-20-14(21(11)12)24-8-9-4-2-1-3-5-9/h1-7H,8H2,(H,22,23). The van der Waals surface area contributed by atoms with Gasteiger partial charge in [-0.3, -0.25) is 4.40 Å². The van der Waals surface area contributed by atoms with Crippen molar-refractivity contribution in [3.05, 3.63) is 59.3 Å². The summed E-state index contributed by atoms with van der Waals surface area (Å²) in [6.45, 7) is 0. The molecule has 5 nitrogen and oxygen atoms in total. The van der Waals surface area contributed by atoms with Gasteiger partial charge in [-0.05, 0) is 17.7 Å². The smallest absolute Gasteiger partial charge is 0.431 e. The molecule has 0 aliphatic carbocycles. The molecule has 2 aromatic heterocycles. The van der Waals surface area contributed by atoms with E-state index in [9.17, 15) is 18.0 Å². The number of nitrogens with zero attached hydrogens (tertiary/aromatic N) is 3. The minimum atomic E-state index is -4.65. The van der Waals surface area contributed by atoms with Gasteiger partial charge in [0.05, 0.1) is 0 Å². The Bertz CT molecular complexity index is 894. The van der Waals surface area contributed by atoms with Crippen molar-refractivity contribution < 1.29 is 23.1 Å². The third-order valence-corrected chi connectivity index (χ3v) is 4.25. The molecule has 1 aromatic carbocycles. The third kappa shape index (κ3) is 3.07. The lowest BCUT2D eigenvalue weighted by Crippen LogP contribution is -2.14. The van der Waals surface area contributed by atoms with Gasteiger partial charge in [0, 0.05) is 5.75 Å². The topological polar surface area (TPSA) is 67.5 Å². The highest BCUT2D eigenvalue weighted by Gasteiger charge is 2.35.